The van der Waals surface area contributed by atoms with Crippen LogP contribution in [-0.2, 0) is 6.54 Å². The molecule has 2 amide bonds. The van der Waals surface area contributed by atoms with Crippen LogP contribution in [0.4, 0.5) is 18.0 Å². The number of nitrogens with one attached hydrogen (secondary N) is 2. The lowest BCUT2D eigenvalue weighted by molar-refractivity contribution is -0.153. The van der Waals surface area contributed by atoms with Crippen molar-refractivity contribution >= 4 is 6.03 Å². The molecule has 1 atom stereocenters. The molecule has 0 spiro atoms. The van der Waals surface area contributed by atoms with Crippen molar-refractivity contribution in [3.63, 3.8) is 0 Å². The number of para-hydroxylation sites is 1. The first-order valence-electron chi connectivity index (χ1n) is 6.75. The zero-order chi connectivity index (χ0) is 16.6. The smallest absolute Gasteiger partial charge is 0.422 e. The quantitative estimate of drug-likeness (QED) is 0.721. The first-order valence-corrected chi connectivity index (χ1v) is 6.75. The number of amides is 2. The molecule has 3 N–H and O–H groups in total. The summed E-state index contributed by atoms with van der Waals surface area (Å²) in [5.41, 5.74) is 0.442. The number of ether oxygens (including phenoxy) is 1. The van der Waals surface area contributed by atoms with E-state index >= 15 is 0 Å². The molecule has 8 heteroatoms. The largest absolute Gasteiger partial charge is 0.484 e. The second-order valence-electron chi connectivity index (χ2n) is 4.76. The Labute approximate surface area is 126 Å². The van der Waals surface area contributed by atoms with E-state index in [2.05, 4.69) is 10.6 Å². The van der Waals surface area contributed by atoms with Crippen LogP contribution in [0.3, 0.4) is 0 Å². The number of urea groups is 1. The predicted octanol–water partition coefficient (Wildman–Crippen LogP) is 2.20. The zero-order valence-electron chi connectivity index (χ0n) is 12.1. The molecule has 0 bridgehead atoms. The molecule has 1 unspecified atom stereocenters. The molecule has 0 heterocycles. The normalized spacial score (nSPS) is 12.6. The van der Waals surface area contributed by atoms with E-state index in [-0.39, 0.29) is 12.3 Å². The van der Waals surface area contributed by atoms with Crippen LogP contribution in [0, 0.1) is 0 Å². The van der Waals surface area contributed by atoms with Crippen molar-refractivity contribution < 1.29 is 27.8 Å². The average Bonchev–Trinajstić information content (AvgIpc) is 2.42. The van der Waals surface area contributed by atoms with E-state index in [4.69, 9.17) is 9.84 Å². The highest BCUT2D eigenvalue weighted by molar-refractivity contribution is 5.73. The van der Waals surface area contributed by atoms with Crippen molar-refractivity contribution in [2.24, 2.45) is 0 Å². The Kier molecular flexibility index (Phi) is 6.97. The van der Waals surface area contributed by atoms with Gasteiger partial charge in [-0.15, -0.1) is 0 Å². The van der Waals surface area contributed by atoms with Crippen LogP contribution in [0.2, 0.25) is 0 Å². The lowest BCUT2D eigenvalue weighted by atomic mass is 10.2. The van der Waals surface area contributed by atoms with Gasteiger partial charge in [-0.05, 0) is 19.4 Å². The fourth-order valence-electron chi connectivity index (χ4n) is 1.58. The number of rotatable bonds is 7. The van der Waals surface area contributed by atoms with Crippen molar-refractivity contribution in [3.05, 3.63) is 29.8 Å². The van der Waals surface area contributed by atoms with Gasteiger partial charge in [0.1, 0.15) is 5.75 Å². The van der Waals surface area contributed by atoms with Gasteiger partial charge in [0.25, 0.3) is 0 Å². The minimum absolute atomic E-state index is 0.0363. The summed E-state index contributed by atoms with van der Waals surface area (Å²) in [5.74, 6) is 0.0732. The SMILES string of the molecule is CC(O)CCNC(=O)NCc1ccccc1OCC(F)(F)F. The summed E-state index contributed by atoms with van der Waals surface area (Å²) in [6.45, 7) is 0.558. The van der Waals surface area contributed by atoms with Gasteiger partial charge in [0, 0.05) is 18.7 Å². The van der Waals surface area contributed by atoms with Crippen molar-refractivity contribution in [1.29, 1.82) is 0 Å². The fraction of sp³-hybridized carbons (Fsp3) is 0.500. The molecule has 0 aliphatic heterocycles. The Morgan fingerprint density at radius 3 is 2.64 bits per heavy atom. The Bertz CT molecular complexity index is 479. The van der Waals surface area contributed by atoms with Crippen LogP contribution in [0.1, 0.15) is 18.9 Å². The second-order valence-corrected chi connectivity index (χ2v) is 4.76. The number of benzene rings is 1. The molecule has 0 fully saturated rings. The van der Waals surface area contributed by atoms with Crippen molar-refractivity contribution in [1.82, 2.24) is 10.6 Å². The van der Waals surface area contributed by atoms with Crippen LogP contribution >= 0.6 is 0 Å². The van der Waals surface area contributed by atoms with E-state index in [9.17, 15) is 18.0 Å². The summed E-state index contributed by atoms with van der Waals surface area (Å²) in [7, 11) is 0. The van der Waals surface area contributed by atoms with Crippen molar-refractivity contribution in [2.75, 3.05) is 13.2 Å². The maximum atomic E-state index is 12.2. The molecule has 0 radical (unpaired) electrons. The van der Waals surface area contributed by atoms with E-state index in [0.29, 0.717) is 18.5 Å². The van der Waals surface area contributed by atoms with E-state index < -0.39 is 24.9 Å². The number of hydrogen-bond donors (Lipinski definition) is 3. The first kappa shape index (κ1) is 18.1. The number of alkyl halides is 3. The van der Waals surface area contributed by atoms with Crippen LogP contribution in [-0.4, -0.2) is 36.6 Å². The number of aliphatic hydroxyl groups excluding tert-OH is 1. The van der Waals surface area contributed by atoms with Gasteiger partial charge in [-0.3, -0.25) is 0 Å². The van der Waals surface area contributed by atoms with Crippen molar-refractivity contribution in [3.8, 4) is 5.75 Å². The summed E-state index contributed by atoms with van der Waals surface area (Å²) >= 11 is 0. The van der Waals surface area contributed by atoms with Crippen LogP contribution < -0.4 is 15.4 Å². The topological polar surface area (TPSA) is 70.6 Å². The van der Waals surface area contributed by atoms with Gasteiger partial charge in [-0.2, -0.15) is 13.2 Å². The summed E-state index contributed by atoms with van der Waals surface area (Å²) in [5, 5.41) is 14.1. The standard InChI is InChI=1S/C14H19F3N2O3/c1-10(20)6-7-18-13(21)19-8-11-4-2-3-5-12(11)22-9-14(15,16)17/h2-5,10,20H,6-9H2,1H3,(H2,18,19,21). The molecule has 124 valence electrons. The summed E-state index contributed by atoms with van der Waals surface area (Å²) in [6, 6.07) is 5.71. The van der Waals surface area contributed by atoms with E-state index in [1.807, 2.05) is 0 Å². The summed E-state index contributed by atoms with van der Waals surface area (Å²) in [4.78, 5) is 11.5. The maximum absolute atomic E-state index is 12.2. The van der Waals surface area contributed by atoms with Gasteiger partial charge in [0.15, 0.2) is 6.61 Å². The van der Waals surface area contributed by atoms with Crippen LogP contribution in [0.5, 0.6) is 5.75 Å². The molecule has 1 rings (SSSR count). The number of aliphatic hydroxyl groups is 1. The molecule has 0 saturated heterocycles. The van der Waals surface area contributed by atoms with Gasteiger partial charge < -0.3 is 20.5 Å². The second kappa shape index (κ2) is 8.47. The Hall–Kier alpha value is -1.96. The van der Waals surface area contributed by atoms with Gasteiger partial charge >= 0.3 is 12.2 Å². The minimum Gasteiger partial charge on any atom is -0.484 e. The highest BCUT2D eigenvalue weighted by Crippen LogP contribution is 2.21. The average molecular weight is 320 g/mol. The molecular formula is C14H19F3N2O3. The number of halogens is 3. The monoisotopic (exact) mass is 320 g/mol. The van der Waals surface area contributed by atoms with Gasteiger partial charge in [0.2, 0.25) is 0 Å². The molecule has 0 aliphatic carbocycles. The number of carbonyl (C=O) groups is 1. The highest BCUT2D eigenvalue weighted by atomic mass is 19.4. The Morgan fingerprint density at radius 2 is 2.00 bits per heavy atom. The number of carbonyl (C=O) groups excluding carboxylic acids is 1. The third-order valence-corrected chi connectivity index (χ3v) is 2.65. The third-order valence-electron chi connectivity index (χ3n) is 2.65. The van der Waals surface area contributed by atoms with Crippen LogP contribution in [0.15, 0.2) is 24.3 Å². The molecule has 0 saturated carbocycles. The first-order chi connectivity index (χ1) is 10.3. The van der Waals surface area contributed by atoms with Crippen LogP contribution in [0.25, 0.3) is 0 Å². The Morgan fingerprint density at radius 1 is 1.32 bits per heavy atom. The van der Waals surface area contributed by atoms with Gasteiger partial charge in [-0.25, -0.2) is 4.79 Å². The van der Waals surface area contributed by atoms with E-state index in [0.717, 1.165) is 0 Å². The molecule has 1 aromatic carbocycles. The molecular weight excluding hydrogens is 301 g/mol. The molecule has 0 aliphatic rings. The lowest BCUT2D eigenvalue weighted by Crippen LogP contribution is -2.36. The molecule has 1 aromatic rings. The maximum Gasteiger partial charge on any atom is 0.422 e. The lowest BCUT2D eigenvalue weighted by Gasteiger charge is -2.14. The molecule has 22 heavy (non-hydrogen) atoms. The fourth-order valence-corrected chi connectivity index (χ4v) is 1.58. The van der Waals surface area contributed by atoms with E-state index in [1.165, 1.54) is 6.07 Å². The molecule has 0 aromatic heterocycles. The summed E-state index contributed by atoms with van der Waals surface area (Å²) < 4.78 is 41.2. The zero-order valence-corrected chi connectivity index (χ0v) is 12.1. The molecule has 5 nitrogen and oxygen atoms in total. The van der Waals surface area contributed by atoms with Gasteiger partial charge in [0.05, 0.1) is 6.10 Å². The Balaban J connectivity index is 2.46. The highest BCUT2D eigenvalue weighted by Gasteiger charge is 2.28. The minimum atomic E-state index is -4.42. The van der Waals surface area contributed by atoms with E-state index in [1.54, 1.807) is 25.1 Å². The third kappa shape index (κ3) is 7.72. The predicted molar refractivity (Wildman–Crippen MR) is 74.5 cm³/mol. The number of hydrogen-bond acceptors (Lipinski definition) is 3. The summed E-state index contributed by atoms with van der Waals surface area (Å²) in [6.07, 6.45) is -4.52. The van der Waals surface area contributed by atoms with Gasteiger partial charge in [-0.1, -0.05) is 18.2 Å². The van der Waals surface area contributed by atoms with Crippen molar-refractivity contribution in [2.45, 2.75) is 32.2 Å².